The minimum atomic E-state index is -0.0638. The Kier molecular flexibility index (Phi) is 3.10. The van der Waals surface area contributed by atoms with Crippen LogP contribution < -0.4 is 11.3 Å². The number of hydrazine groups is 1. The first-order chi connectivity index (χ1) is 9.22. The summed E-state index contributed by atoms with van der Waals surface area (Å²) in [4.78, 5) is 1.21. The Hall–Kier alpha value is -1.69. The fraction of sp³-hybridized carbons (Fsp3) is 0.214. The Bertz CT molecular complexity index is 713. The molecule has 4 nitrogen and oxygen atoms in total. The first-order valence-corrected chi connectivity index (χ1v) is 7.02. The van der Waals surface area contributed by atoms with Crippen LogP contribution in [0.5, 0.6) is 0 Å². The number of aryl methyl sites for hydroxylation is 2. The molecule has 3 aromatic rings. The van der Waals surface area contributed by atoms with Crippen LogP contribution in [0.3, 0.4) is 0 Å². The Balaban J connectivity index is 2.20. The predicted octanol–water partition coefficient (Wildman–Crippen LogP) is 2.50. The fourth-order valence-corrected chi connectivity index (χ4v) is 3.40. The molecule has 2 aromatic heterocycles. The van der Waals surface area contributed by atoms with E-state index in [1.165, 1.54) is 10.4 Å². The van der Waals surface area contributed by atoms with Gasteiger partial charge in [0.25, 0.3) is 0 Å². The van der Waals surface area contributed by atoms with E-state index in [2.05, 4.69) is 41.0 Å². The van der Waals surface area contributed by atoms with Crippen LogP contribution in [0.4, 0.5) is 0 Å². The number of rotatable bonds is 3. The van der Waals surface area contributed by atoms with Gasteiger partial charge in [-0.15, -0.1) is 11.3 Å². The number of para-hydroxylation sites is 1. The zero-order valence-electron chi connectivity index (χ0n) is 10.9. The second-order valence-electron chi connectivity index (χ2n) is 4.59. The highest BCUT2D eigenvalue weighted by molar-refractivity contribution is 7.10. The van der Waals surface area contributed by atoms with Crippen molar-refractivity contribution in [2.45, 2.75) is 13.0 Å². The fourth-order valence-electron chi connectivity index (χ4n) is 2.41. The molecule has 19 heavy (non-hydrogen) atoms. The van der Waals surface area contributed by atoms with Crippen molar-refractivity contribution in [2.24, 2.45) is 12.9 Å². The lowest BCUT2D eigenvalue weighted by Crippen LogP contribution is -2.29. The molecule has 0 fully saturated rings. The van der Waals surface area contributed by atoms with Crippen molar-refractivity contribution in [2.75, 3.05) is 0 Å². The molecule has 3 N–H and O–H groups in total. The molecule has 0 aliphatic carbocycles. The highest BCUT2D eigenvalue weighted by Crippen LogP contribution is 2.32. The van der Waals surface area contributed by atoms with Gasteiger partial charge in [-0.1, -0.05) is 18.2 Å². The summed E-state index contributed by atoms with van der Waals surface area (Å²) in [5, 5.41) is 7.86. The molecular formula is C14H16N4S. The molecule has 98 valence electrons. The quantitative estimate of drug-likeness (QED) is 0.569. The molecule has 0 radical (unpaired) electrons. The zero-order valence-corrected chi connectivity index (χ0v) is 11.7. The maximum Gasteiger partial charge on any atom is 0.100 e. The molecule has 0 spiro atoms. The van der Waals surface area contributed by atoms with Crippen molar-refractivity contribution in [1.29, 1.82) is 0 Å². The number of hydrogen-bond donors (Lipinski definition) is 2. The number of fused-ring (bicyclic) bond motifs is 1. The number of aromatic nitrogens is 2. The maximum atomic E-state index is 5.77. The summed E-state index contributed by atoms with van der Waals surface area (Å²) in [6, 6.07) is 10.3. The lowest BCUT2D eigenvalue weighted by atomic mass is 10.1. The molecule has 0 saturated carbocycles. The van der Waals surface area contributed by atoms with Crippen molar-refractivity contribution in [3.8, 4) is 0 Å². The van der Waals surface area contributed by atoms with E-state index in [0.29, 0.717) is 0 Å². The van der Waals surface area contributed by atoms with Crippen LogP contribution in [0.15, 0.2) is 35.7 Å². The molecule has 2 heterocycles. The second-order valence-corrected chi connectivity index (χ2v) is 5.54. The minimum Gasteiger partial charge on any atom is -0.270 e. The van der Waals surface area contributed by atoms with Gasteiger partial charge >= 0.3 is 0 Å². The minimum absolute atomic E-state index is 0.0638. The van der Waals surface area contributed by atoms with E-state index >= 15 is 0 Å². The van der Waals surface area contributed by atoms with Gasteiger partial charge in [0.05, 0.1) is 11.2 Å². The molecule has 3 rings (SSSR count). The number of nitrogens with zero attached hydrogens (tertiary/aromatic N) is 2. The molecule has 1 aromatic carbocycles. The summed E-state index contributed by atoms with van der Waals surface area (Å²) >= 11 is 1.70. The van der Waals surface area contributed by atoms with Gasteiger partial charge in [0.1, 0.15) is 6.04 Å². The lowest BCUT2D eigenvalue weighted by Gasteiger charge is -2.13. The van der Waals surface area contributed by atoms with Crippen LogP contribution in [0.1, 0.15) is 22.2 Å². The van der Waals surface area contributed by atoms with Gasteiger partial charge in [-0.25, -0.2) is 5.43 Å². The molecule has 1 unspecified atom stereocenters. The lowest BCUT2D eigenvalue weighted by molar-refractivity contribution is 0.614. The van der Waals surface area contributed by atoms with Crippen molar-refractivity contribution in [3.63, 3.8) is 0 Å². The van der Waals surface area contributed by atoms with Gasteiger partial charge in [0, 0.05) is 17.3 Å². The third-order valence-corrected chi connectivity index (χ3v) is 4.47. The van der Waals surface area contributed by atoms with E-state index in [0.717, 1.165) is 16.6 Å². The topological polar surface area (TPSA) is 55.9 Å². The highest BCUT2D eigenvalue weighted by Gasteiger charge is 2.21. The average Bonchev–Trinajstić information content (AvgIpc) is 2.98. The largest absolute Gasteiger partial charge is 0.270 e. The third-order valence-electron chi connectivity index (χ3n) is 3.39. The predicted molar refractivity (Wildman–Crippen MR) is 78.9 cm³/mol. The van der Waals surface area contributed by atoms with Gasteiger partial charge in [-0.05, 0) is 30.0 Å². The van der Waals surface area contributed by atoms with Gasteiger partial charge in [-0.2, -0.15) is 5.10 Å². The van der Waals surface area contributed by atoms with Crippen molar-refractivity contribution in [1.82, 2.24) is 15.2 Å². The van der Waals surface area contributed by atoms with Gasteiger partial charge in [0.15, 0.2) is 0 Å². The summed E-state index contributed by atoms with van der Waals surface area (Å²) in [6.07, 6.45) is 0. The Morgan fingerprint density at radius 1 is 1.32 bits per heavy atom. The van der Waals surface area contributed by atoms with Crippen LogP contribution in [-0.4, -0.2) is 9.78 Å². The average molecular weight is 272 g/mol. The summed E-state index contributed by atoms with van der Waals surface area (Å²) < 4.78 is 1.90. The summed E-state index contributed by atoms with van der Waals surface area (Å²) in [7, 11) is 1.96. The molecular weight excluding hydrogens is 256 g/mol. The number of thiophene rings is 1. The van der Waals surface area contributed by atoms with E-state index in [4.69, 9.17) is 5.84 Å². The van der Waals surface area contributed by atoms with E-state index in [1.54, 1.807) is 11.3 Å². The van der Waals surface area contributed by atoms with Crippen molar-refractivity contribution < 1.29 is 0 Å². The SMILES string of the molecule is Cc1ccsc1C(NN)c1nn(C)c2ccccc12. The van der Waals surface area contributed by atoms with E-state index in [-0.39, 0.29) is 6.04 Å². The molecule has 0 amide bonds. The summed E-state index contributed by atoms with van der Waals surface area (Å²) in [5.41, 5.74) is 6.24. The molecule has 5 heteroatoms. The number of hydrogen-bond acceptors (Lipinski definition) is 4. The molecule has 0 bridgehead atoms. The Morgan fingerprint density at radius 2 is 2.11 bits per heavy atom. The van der Waals surface area contributed by atoms with Crippen LogP contribution in [0.25, 0.3) is 10.9 Å². The van der Waals surface area contributed by atoms with Crippen LogP contribution in [-0.2, 0) is 7.05 Å². The number of nitrogens with two attached hydrogens (primary N) is 1. The van der Waals surface area contributed by atoms with Crippen molar-refractivity contribution in [3.05, 3.63) is 51.8 Å². The van der Waals surface area contributed by atoms with Gasteiger partial charge < -0.3 is 0 Å². The highest BCUT2D eigenvalue weighted by atomic mass is 32.1. The molecule has 1 atom stereocenters. The van der Waals surface area contributed by atoms with Crippen molar-refractivity contribution >= 4 is 22.2 Å². The zero-order chi connectivity index (χ0) is 13.4. The van der Waals surface area contributed by atoms with Crippen LogP contribution >= 0.6 is 11.3 Å². The standard InChI is InChI=1S/C14H16N4S/c1-9-7-8-19-14(9)13(16-15)12-10-5-3-4-6-11(10)18(2)17-12/h3-8,13,16H,15H2,1-2H3. The molecule has 0 saturated heterocycles. The summed E-state index contributed by atoms with van der Waals surface area (Å²) in [5.74, 6) is 5.77. The van der Waals surface area contributed by atoms with Crippen LogP contribution in [0.2, 0.25) is 0 Å². The van der Waals surface area contributed by atoms with Crippen LogP contribution in [0, 0.1) is 6.92 Å². The Morgan fingerprint density at radius 3 is 2.79 bits per heavy atom. The van der Waals surface area contributed by atoms with Gasteiger partial charge in [0.2, 0.25) is 0 Å². The number of benzene rings is 1. The molecule has 0 aliphatic rings. The normalized spacial score (nSPS) is 13.0. The molecule has 0 aliphatic heterocycles. The maximum absolute atomic E-state index is 5.77. The second kappa shape index (κ2) is 4.77. The van der Waals surface area contributed by atoms with E-state index < -0.39 is 0 Å². The van der Waals surface area contributed by atoms with E-state index in [1.807, 2.05) is 23.9 Å². The first kappa shape index (κ1) is 12.3. The smallest absolute Gasteiger partial charge is 0.100 e. The number of nitrogens with one attached hydrogen (secondary N) is 1. The Labute approximate surface area is 115 Å². The monoisotopic (exact) mass is 272 g/mol. The van der Waals surface area contributed by atoms with Gasteiger partial charge in [-0.3, -0.25) is 10.5 Å². The summed E-state index contributed by atoms with van der Waals surface area (Å²) in [6.45, 7) is 2.10. The third kappa shape index (κ3) is 1.96. The van der Waals surface area contributed by atoms with E-state index in [9.17, 15) is 0 Å². The first-order valence-electron chi connectivity index (χ1n) is 6.14.